The SMILES string of the molecule is CCCCO/C(=C\C(=O)C(F)(F)F)CC. The number of ketones is 1. The Balaban J connectivity index is 4.27. The Kier molecular flexibility index (Phi) is 6.05. The molecule has 0 radical (unpaired) electrons. The van der Waals surface area contributed by atoms with Crippen LogP contribution in [0.5, 0.6) is 0 Å². The van der Waals surface area contributed by atoms with Crippen LogP contribution in [0.3, 0.4) is 0 Å². The minimum Gasteiger partial charge on any atom is -0.498 e. The maximum Gasteiger partial charge on any atom is 0.454 e. The predicted molar refractivity (Wildman–Crippen MR) is 50.3 cm³/mol. The normalized spacial score (nSPS) is 12.7. The lowest BCUT2D eigenvalue weighted by molar-refractivity contribution is -0.165. The molecule has 0 aromatic rings. The van der Waals surface area contributed by atoms with Crippen molar-refractivity contribution >= 4 is 5.78 Å². The van der Waals surface area contributed by atoms with E-state index in [9.17, 15) is 18.0 Å². The number of allylic oxidation sites excluding steroid dienone is 2. The molecule has 0 atom stereocenters. The molecule has 0 fully saturated rings. The highest BCUT2D eigenvalue weighted by Crippen LogP contribution is 2.18. The van der Waals surface area contributed by atoms with Gasteiger partial charge in [0, 0.05) is 12.5 Å². The molecule has 0 saturated carbocycles. The van der Waals surface area contributed by atoms with Crippen molar-refractivity contribution in [1.82, 2.24) is 0 Å². The Bertz CT molecular complexity index is 231. The summed E-state index contributed by atoms with van der Waals surface area (Å²) >= 11 is 0. The summed E-state index contributed by atoms with van der Waals surface area (Å²) < 4.78 is 40.7. The second-order valence-electron chi connectivity index (χ2n) is 3.03. The van der Waals surface area contributed by atoms with Crippen molar-refractivity contribution in [1.29, 1.82) is 0 Å². The monoisotopic (exact) mass is 224 g/mol. The highest BCUT2D eigenvalue weighted by atomic mass is 19.4. The molecule has 0 aliphatic heterocycles. The molecular weight excluding hydrogens is 209 g/mol. The van der Waals surface area contributed by atoms with Crippen molar-refractivity contribution in [2.75, 3.05) is 6.61 Å². The van der Waals surface area contributed by atoms with E-state index in [2.05, 4.69) is 0 Å². The molecule has 0 spiro atoms. The first kappa shape index (κ1) is 14.0. The molecule has 0 aromatic carbocycles. The van der Waals surface area contributed by atoms with Gasteiger partial charge in [-0.3, -0.25) is 4.79 Å². The van der Waals surface area contributed by atoms with E-state index < -0.39 is 12.0 Å². The Morgan fingerprint density at radius 3 is 2.33 bits per heavy atom. The van der Waals surface area contributed by atoms with Crippen molar-refractivity contribution in [2.45, 2.75) is 39.3 Å². The summed E-state index contributed by atoms with van der Waals surface area (Å²) in [5, 5.41) is 0. The first-order valence-electron chi connectivity index (χ1n) is 4.86. The fourth-order valence-electron chi connectivity index (χ4n) is 0.821. The van der Waals surface area contributed by atoms with Gasteiger partial charge < -0.3 is 4.74 Å². The fourth-order valence-corrected chi connectivity index (χ4v) is 0.821. The molecule has 0 saturated heterocycles. The summed E-state index contributed by atoms with van der Waals surface area (Å²) in [6.45, 7) is 3.93. The van der Waals surface area contributed by atoms with Gasteiger partial charge in [-0.1, -0.05) is 20.3 Å². The van der Waals surface area contributed by atoms with Gasteiger partial charge in [-0.15, -0.1) is 0 Å². The van der Waals surface area contributed by atoms with Gasteiger partial charge in [-0.05, 0) is 6.42 Å². The maximum absolute atomic E-state index is 11.9. The van der Waals surface area contributed by atoms with Crippen LogP contribution < -0.4 is 0 Å². The van der Waals surface area contributed by atoms with E-state index >= 15 is 0 Å². The Morgan fingerprint density at radius 1 is 1.33 bits per heavy atom. The third-order valence-electron chi connectivity index (χ3n) is 1.71. The Morgan fingerprint density at radius 2 is 1.93 bits per heavy atom. The van der Waals surface area contributed by atoms with Gasteiger partial charge in [0.1, 0.15) is 0 Å². The largest absolute Gasteiger partial charge is 0.498 e. The fraction of sp³-hybridized carbons (Fsp3) is 0.700. The summed E-state index contributed by atoms with van der Waals surface area (Å²) in [5.74, 6) is -1.78. The maximum atomic E-state index is 11.9. The topological polar surface area (TPSA) is 26.3 Å². The Hall–Kier alpha value is -1.00. The molecule has 2 nitrogen and oxygen atoms in total. The van der Waals surface area contributed by atoms with Gasteiger partial charge in [0.05, 0.1) is 12.4 Å². The van der Waals surface area contributed by atoms with Gasteiger partial charge in [0.15, 0.2) is 0 Å². The number of hydrogen-bond acceptors (Lipinski definition) is 2. The van der Waals surface area contributed by atoms with Gasteiger partial charge in [-0.2, -0.15) is 13.2 Å². The molecule has 0 aliphatic carbocycles. The summed E-state index contributed by atoms with van der Waals surface area (Å²) in [5.41, 5.74) is 0. The van der Waals surface area contributed by atoms with Gasteiger partial charge >= 0.3 is 6.18 Å². The lowest BCUT2D eigenvalue weighted by Gasteiger charge is -2.08. The van der Waals surface area contributed by atoms with Crippen LogP contribution in [0.25, 0.3) is 0 Å². The van der Waals surface area contributed by atoms with E-state index in [-0.39, 0.29) is 12.2 Å². The average Bonchev–Trinajstić information content (AvgIpc) is 2.14. The summed E-state index contributed by atoms with van der Waals surface area (Å²) in [7, 11) is 0. The van der Waals surface area contributed by atoms with Crippen molar-refractivity contribution < 1.29 is 22.7 Å². The van der Waals surface area contributed by atoms with Gasteiger partial charge in [0.25, 0.3) is 5.78 Å². The summed E-state index contributed by atoms with van der Waals surface area (Å²) in [6.07, 6.45) is -2.35. The molecular formula is C10H15F3O2. The van der Waals surface area contributed by atoms with Crippen molar-refractivity contribution in [2.24, 2.45) is 0 Å². The first-order valence-corrected chi connectivity index (χ1v) is 4.86. The average molecular weight is 224 g/mol. The molecule has 5 heteroatoms. The molecule has 15 heavy (non-hydrogen) atoms. The van der Waals surface area contributed by atoms with E-state index in [1.165, 1.54) is 0 Å². The number of rotatable bonds is 6. The van der Waals surface area contributed by atoms with E-state index in [0.29, 0.717) is 12.7 Å². The third-order valence-corrected chi connectivity index (χ3v) is 1.71. The van der Waals surface area contributed by atoms with Crippen LogP contribution in [-0.4, -0.2) is 18.6 Å². The summed E-state index contributed by atoms with van der Waals surface area (Å²) in [4.78, 5) is 10.6. The van der Waals surface area contributed by atoms with Crippen molar-refractivity contribution in [3.63, 3.8) is 0 Å². The minimum absolute atomic E-state index is 0.0887. The van der Waals surface area contributed by atoms with Crippen molar-refractivity contribution in [3.8, 4) is 0 Å². The van der Waals surface area contributed by atoms with Crippen LogP contribution in [0.4, 0.5) is 13.2 Å². The predicted octanol–water partition coefficient (Wildman–Crippen LogP) is 3.23. The smallest absolute Gasteiger partial charge is 0.454 e. The quantitative estimate of drug-likeness (QED) is 0.393. The molecule has 0 rings (SSSR count). The molecule has 0 bridgehead atoms. The molecule has 0 heterocycles. The zero-order valence-corrected chi connectivity index (χ0v) is 8.86. The standard InChI is InChI=1S/C10H15F3O2/c1-3-5-6-15-8(4-2)7-9(14)10(11,12)13/h7H,3-6H2,1-2H3/b8-7-. The van der Waals surface area contributed by atoms with E-state index in [4.69, 9.17) is 4.74 Å². The number of halogens is 3. The number of hydrogen-bond donors (Lipinski definition) is 0. The molecule has 0 unspecified atom stereocenters. The van der Waals surface area contributed by atoms with Crippen molar-refractivity contribution in [3.05, 3.63) is 11.8 Å². The van der Waals surface area contributed by atoms with Crippen LogP contribution in [0.15, 0.2) is 11.8 Å². The van der Waals surface area contributed by atoms with E-state index in [1.54, 1.807) is 6.92 Å². The zero-order chi connectivity index (χ0) is 11.9. The van der Waals surface area contributed by atoms with Crippen LogP contribution >= 0.6 is 0 Å². The molecule has 0 amide bonds. The van der Waals surface area contributed by atoms with Gasteiger partial charge in [-0.25, -0.2) is 0 Å². The molecule has 0 N–H and O–H groups in total. The number of carbonyl (C=O) groups is 1. The number of unbranched alkanes of at least 4 members (excludes halogenated alkanes) is 1. The zero-order valence-electron chi connectivity index (χ0n) is 8.86. The second-order valence-corrected chi connectivity index (χ2v) is 3.03. The number of carbonyl (C=O) groups excluding carboxylic acids is 1. The third kappa shape index (κ3) is 6.14. The summed E-state index contributed by atoms with van der Waals surface area (Å²) in [6, 6.07) is 0. The van der Waals surface area contributed by atoms with Crippen LogP contribution in [-0.2, 0) is 9.53 Å². The molecule has 0 aliphatic rings. The number of ether oxygens (including phenoxy) is 1. The first-order chi connectivity index (χ1) is 6.91. The van der Waals surface area contributed by atoms with Crippen LogP contribution in [0, 0.1) is 0 Å². The van der Waals surface area contributed by atoms with Gasteiger partial charge in [0.2, 0.25) is 0 Å². The molecule has 0 aromatic heterocycles. The lowest BCUT2D eigenvalue weighted by atomic mass is 10.3. The number of alkyl halides is 3. The highest BCUT2D eigenvalue weighted by Gasteiger charge is 2.36. The molecule has 88 valence electrons. The Labute approximate surface area is 87.1 Å². The van der Waals surface area contributed by atoms with E-state index in [1.807, 2.05) is 6.92 Å². The highest BCUT2D eigenvalue weighted by molar-refractivity contribution is 5.94. The van der Waals surface area contributed by atoms with Crippen LogP contribution in [0.2, 0.25) is 0 Å². The van der Waals surface area contributed by atoms with Crippen LogP contribution in [0.1, 0.15) is 33.1 Å². The second kappa shape index (κ2) is 6.48. The minimum atomic E-state index is -4.81. The lowest BCUT2D eigenvalue weighted by Crippen LogP contribution is -2.20. The van der Waals surface area contributed by atoms with E-state index in [0.717, 1.165) is 12.8 Å².